The topological polar surface area (TPSA) is 110 Å². The lowest BCUT2D eigenvalue weighted by Crippen LogP contribution is -2.39. The van der Waals surface area contributed by atoms with Gasteiger partial charge in [0.2, 0.25) is 0 Å². The number of nitrogens with zero attached hydrogens (tertiary/aromatic N) is 3. The zero-order valence-corrected chi connectivity index (χ0v) is 17.6. The number of amides is 2. The molecule has 2 amide bonds. The van der Waals surface area contributed by atoms with Crippen LogP contribution in [0.2, 0.25) is 0 Å². The minimum Gasteiger partial charge on any atom is -0.382 e. The van der Waals surface area contributed by atoms with Gasteiger partial charge in [0.05, 0.1) is 11.9 Å². The molecule has 5 rings (SSSR count). The van der Waals surface area contributed by atoms with E-state index in [-0.39, 0.29) is 35.4 Å². The molecule has 8 heteroatoms. The molecule has 3 heterocycles. The zero-order chi connectivity index (χ0) is 21.5. The number of hydrogen-bond acceptors (Lipinski definition) is 6. The van der Waals surface area contributed by atoms with Crippen molar-refractivity contribution >= 4 is 17.6 Å². The number of nitrogen functional groups attached to an aromatic ring is 1. The van der Waals surface area contributed by atoms with E-state index in [4.69, 9.17) is 10.5 Å². The number of nitrogens with two attached hydrogens (primary N) is 1. The molecule has 0 bridgehead atoms. The maximum Gasteiger partial charge on any atom is 0.273 e. The van der Waals surface area contributed by atoms with Crippen molar-refractivity contribution in [3.63, 3.8) is 0 Å². The number of carbonyl (C=O) groups is 2. The van der Waals surface area contributed by atoms with Crippen LogP contribution < -0.4 is 11.1 Å². The average molecular weight is 422 g/mol. The highest BCUT2D eigenvalue weighted by molar-refractivity contribution is 5.99. The van der Waals surface area contributed by atoms with Gasteiger partial charge < -0.3 is 20.7 Å². The number of fused-ring (bicyclic) bond motifs is 1. The number of hydrogen-bond donors (Lipinski definition) is 2. The largest absolute Gasteiger partial charge is 0.382 e. The van der Waals surface area contributed by atoms with Gasteiger partial charge in [-0.25, -0.2) is 9.97 Å². The number of rotatable bonds is 5. The molecular weight excluding hydrogens is 394 g/mol. The van der Waals surface area contributed by atoms with Crippen LogP contribution in [-0.4, -0.2) is 52.0 Å². The molecule has 2 aliphatic heterocycles. The van der Waals surface area contributed by atoms with Gasteiger partial charge in [0, 0.05) is 43.0 Å². The summed E-state index contributed by atoms with van der Waals surface area (Å²) in [6.45, 7) is 4.02. The Kier molecular flexibility index (Phi) is 5.09. The number of benzene rings is 1. The maximum absolute atomic E-state index is 12.8. The molecule has 2 fully saturated rings. The van der Waals surface area contributed by atoms with Gasteiger partial charge in [-0.2, -0.15) is 0 Å². The van der Waals surface area contributed by atoms with Crippen LogP contribution in [-0.2, 0) is 11.3 Å². The maximum atomic E-state index is 12.8. The summed E-state index contributed by atoms with van der Waals surface area (Å²) in [5.41, 5.74) is 9.21. The van der Waals surface area contributed by atoms with E-state index in [2.05, 4.69) is 22.2 Å². The second-order valence-electron chi connectivity index (χ2n) is 8.73. The number of nitrogens with one attached hydrogen (secondary N) is 1. The van der Waals surface area contributed by atoms with Crippen molar-refractivity contribution < 1.29 is 14.3 Å². The minimum absolute atomic E-state index is 0.0524. The molecule has 1 unspecified atom stereocenters. The predicted molar refractivity (Wildman–Crippen MR) is 115 cm³/mol. The van der Waals surface area contributed by atoms with Crippen molar-refractivity contribution in [2.24, 2.45) is 5.92 Å². The molecule has 8 nitrogen and oxygen atoms in total. The molecule has 162 valence electrons. The summed E-state index contributed by atoms with van der Waals surface area (Å²) in [5, 5.41) is 2.98. The van der Waals surface area contributed by atoms with Crippen LogP contribution in [0.25, 0.3) is 11.3 Å². The second-order valence-corrected chi connectivity index (χ2v) is 8.73. The van der Waals surface area contributed by atoms with Crippen LogP contribution >= 0.6 is 0 Å². The monoisotopic (exact) mass is 421 g/mol. The molecule has 3 N–H and O–H groups in total. The van der Waals surface area contributed by atoms with Crippen molar-refractivity contribution in [1.29, 1.82) is 0 Å². The van der Waals surface area contributed by atoms with E-state index in [1.54, 1.807) is 6.20 Å². The van der Waals surface area contributed by atoms with Crippen LogP contribution in [0.1, 0.15) is 59.0 Å². The van der Waals surface area contributed by atoms with Crippen molar-refractivity contribution in [3.05, 3.63) is 41.2 Å². The average Bonchev–Trinajstić information content (AvgIpc) is 3.58. The van der Waals surface area contributed by atoms with Gasteiger partial charge in [0.1, 0.15) is 0 Å². The van der Waals surface area contributed by atoms with Crippen molar-refractivity contribution in [3.8, 4) is 11.3 Å². The smallest absolute Gasteiger partial charge is 0.273 e. The number of aromatic nitrogens is 2. The molecular formula is C23H27N5O3. The van der Waals surface area contributed by atoms with Crippen LogP contribution in [0, 0.1) is 5.92 Å². The van der Waals surface area contributed by atoms with Gasteiger partial charge >= 0.3 is 0 Å². The number of ether oxygens (including phenoxy) is 1. The summed E-state index contributed by atoms with van der Waals surface area (Å²) < 4.78 is 5.34. The molecule has 1 saturated carbocycles. The standard InChI is InChI=1S/C23H27N5O3/c1-13(14-2-3-14)28-12-16-10-15(4-5-18(16)23(28)30)19-11-25-21(24)20(27-19)22(29)26-17-6-8-31-9-7-17/h4-5,10-11,13-14,17H,2-3,6-9,12H2,1H3,(H2,24,25)(H,26,29). The van der Waals surface area contributed by atoms with E-state index in [9.17, 15) is 9.59 Å². The predicted octanol–water partition coefficient (Wildman–Crippen LogP) is 2.39. The summed E-state index contributed by atoms with van der Waals surface area (Å²) in [4.78, 5) is 36.3. The fourth-order valence-electron chi connectivity index (χ4n) is 4.46. The van der Waals surface area contributed by atoms with E-state index in [1.165, 1.54) is 12.8 Å². The summed E-state index contributed by atoms with van der Waals surface area (Å²) in [5.74, 6) is 0.506. The number of anilines is 1. The first-order chi connectivity index (χ1) is 15.0. The van der Waals surface area contributed by atoms with Gasteiger partial charge in [0.15, 0.2) is 11.5 Å². The van der Waals surface area contributed by atoms with Gasteiger partial charge in [-0.15, -0.1) is 0 Å². The number of carbonyl (C=O) groups excluding carboxylic acids is 2. The van der Waals surface area contributed by atoms with Crippen molar-refractivity contribution in [2.75, 3.05) is 18.9 Å². The van der Waals surface area contributed by atoms with Crippen LogP contribution in [0.3, 0.4) is 0 Å². The highest BCUT2D eigenvalue weighted by Gasteiger charge is 2.38. The Hall–Kier alpha value is -3.00. The molecule has 1 aliphatic carbocycles. The lowest BCUT2D eigenvalue weighted by atomic mass is 10.0. The van der Waals surface area contributed by atoms with Gasteiger partial charge in [-0.1, -0.05) is 6.07 Å². The Morgan fingerprint density at radius 2 is 2.03 bits per heavy atom. The minimum atomic E-state index is -0.320. The highest BCUT2D eigenvalue weighted by Crippen LogP contribution is 2.38. The molecule has 1 saturated heterocycles. The Morgan fingerprint density at radius 1 is 1.26 bits per heavy atom. The molecule has 1 atom stereocenters. The van der Waals surface area contributed by atoms with Crippen LogP contribution in [0.4, 0.5) is 5.82 Å². The van der Waals surface area contributed by atoms with Crippen LogP contribution in [0.5, 0.6) is 0 Å². The zero-order valence-electron chi connectivity index (χ0n) is 17.6. The van der Waals surface area contributed by atoms with E-state index in [0.717, 1.165) is 29.5 Å². The molecule has 3 aliphatic rings. The first-order valence-electron chi connectivity index (χ1n) is 11.0. The third-order valence-electron chi connectivity index (χ3n) is 6.60. The fraction of sp³-hybridized carbons (Fsp3) is 0.478. The van der Waals surface area contributed by atoms with Gasteiger partial charge in [0.25, 0.3) is 11.8 Å². The van der Waals surface area contributed by atoms with Gasteiger partial charge in [-0.05, 0) is 56.2 Å². The molecule has 2 aromatic rings. The van der Waals surface area contributed by atoms with E-state index < -0.39 is 0 Å². The SMILES string of the molecule is CC(C1CC1)N1Cc2cc(-c3cnc(N)c(C(=O)NC4CCOCC4)n3)ccc2C1=O. The third kappa shape index (κ3) is 3.87. The van der Waals surface area contributed by atoms with E-state index in [1.807, 2.05) is 23.1 Å². The lowest BCUT2D eigenvalue weighted by Gasteiger charge is -2.23. The summed E-state index contributed by atoms with van der Waals surface area (Å²) >= 11 is 0. The quantitative estimate of drug-likeness (QED) is 0.767. The molecule has 1 aromatic carbocycles. The third-order valence-corrected chi connectivity index (χ3v) is 6.60. The summed E-state index contributed by atoms with van der Waals surface area (Å²) in [7, 11) is 0. The summed E-state index contributed by atoms with van der Waals surface area (Å²) in [6, 6.07) is 6.01. The first-order valence-corrected chi connectivity index (χ1v) is 11.0. The van der Waals surface area contributed by atoms with Crippen LogP contribution in [0.15, 0.2) is 24.4 Å². The Labute approximate surface area is 181 Å². The Morgan fingerprint density at radius 3 is 2.77 bits per heavy atom. The molecule has 1 aromatic heterocycles. The summed E-state index contributed by atoms with van der Waals surface area (Å²) in [6.07, 6.45) is 5.52. The lowest BCUT2D eigenvalue weighted by molar-refractivity contribution is 0.0688. The first kappa shape index (κ1) is 19.9. The molecule has 0 spiro atoms. The van der Waals surface area contributed by atoms with Gasteiger partial charge in [-0.3, -0.25) is 9.59 Å². The fourth-order valence-corrected chi connectivity index (χ4v) is 4.46. The Bertz CT molecular complexity index is 1030. The Balaban J connectivity index is 1.37. The van der Waals surface area contributed by atoms with Crippen molar-refractivity contribution in [1.82, 2.24) is 20.2 Å². The normalized spacial score (nSPS) is 19.9. The second kappa shape index (κ2) is 7.92. The van der Waals surface area contributed by atoms with Crippen molar-refractivity contribution in [2.45, 2.75) is 51.2 Å². The van der Waals surface area contributed by atoms with E-state index >= 15 is 0 Å². The molecule has 0 radical (unpaired) electrons. The highest BCUT2D eigenvalue weighted by atomic mass is 16.5. The van der Waals surface area contributed by atoms with E-state index in [0.29, 0.717) is 31.4 Å². The molecule has 31 heavy (non-hydrogen) atoms.